The molecule has 0 aliphatic carbocycles. The Morgan fingerprint density at radius 1 is 1.53 bits per heavy atom. The number of carbonyl (C=O) groups is 1. The summed E-state index contributed by atoms with van der Waals surface area (Å²) >= 11 is 1.61. The summed E-state index contributed by atoms with van der Waals surface area (Å²) in [4.78, 5) is 12.6. The van der Waals surface area contributed by atoms with Crippen LogP contribution in [0.4, 0.5) is 5.69 Å². The van der Waals surface area contributed by atoms with E-state index >= 15 is 0 Å². The quantitative estimate of drug-likeness (QED) is 0.488. The highest BCUT2D eigenvalue weighted by Crippen LogP contribution is 2.27. The average Bonchev–Trinajstić information content (AvgIpc) is 2.22. The molecule has 0 atom stereocenters. The lowest BCUT2D eigenvalue weighted by Gasteiger charge is -2.10. The van der Waals surface area contributed by atoms with Crippen molar-refractivity contribution in [2.24, 2.45) is 0 Å². The summed E-state index contributed by atoms with van der Waals surface area (Å²) in [5.74, 6) is -0.356. The Kier molecular flexibility index (Phi) is 4.03. The van der Waals surface area contributed by atoms with E-state index in [4.69, 9.17) is 10.5 Å². The molecule has 0 aliphatic heterocycles. The highest BCUT2D eigenvalue weighted by molar-refractivity contribution is 7.98. The van der Waals surface area contributed by atoms with Crippen LogP contribution in [-0.2, 0) is 4.74 Å². The second-order valence-electron chi connectivity index (χ2n) is 3.07. The van der Waals surface area contributed by atoms with Crippen LogP contribution in [0.3, 0.4) is 0 Å². The molecule has 0 amide bonds. The Bertz CT molecular complexity index is 377. The molecule has 15 heavy (non-hydrogen) atoms. The van der Waals surface area contributed by atoms with E-state index in [0.717, 1.165) is 10.5 Å². The van der Waals surface area contributed by atoms with Gasteiger partial charge in [0, 0.05) is 4.90 Å². The smallest absolute Gasteiger partial charge is 0.340 e. The maximum atomic E-state index is 11.5. The van der Waals surface area contributed by atoms with Crippen LogP contribution in [0.15, 0.2) is 17.0 Å². The minimum Gasteiger partial charge on any atom is -0.462 e. The van der Waals surface area contributed by atoms with Gasteiger partial charge in [0.1, 0.15) is 0 Å². The van der Waals surface area contributed by atoms with Crippen LogP contribution in [0.5, 0.6) is 0 Å². The second-order valence-corrected chi connectivity index (χ2v) is 3.92. The van der Waals surface area contributed by atoms with E-state index in [-0.39, 0.29) is 5.97 Å². The zero-order valence-electron chi connectivity index (χ0n) is 9.16. The Morgan fingerprint density at radius 2 is 2.20 bits per heavy atom. The molecule has 0 bridgehead atoms. The molecule has 1 aromatic carbocycles. The molecule has 2 N–H and O–H groups in total. The van der Waals surface area contributed by atoms with Gasteiger partial charge in [-0.05, 0) is 37.8 Å². The third-order valence-electron chi connectivity index (χ3n) is 2.18. The molecule has 0 unspecified atom stereocenters. The molecule has 0 fully saturated rings. The average molecular weight is 225 g/mol. The maximum absolute atomic E-state index is 11.5. The molecular formula is C11H15NO2S. The molecule has 4 heteroatoms. The Labute approximate surface area is 94.0 Å². The van der Waals surface area contributed by atoms with E-state index in [0.29, 0.717) is 17.9 Å². The van der Waals surface area contributed by atoms with Gasteiger partial charge >= 0.3 is 5.97 Å². The molecule has 0 radical (unpaired) electrons. The molecule has 0 aliphatic rings. The SMILES string of the molecule is CCOC(=O)c1ccc(SC)c(C)c1N. The summed E-state index contributed by atoms with van der Waals surface area (Å²) in [5.41, 5.74) is 7.78. The number of hydrogen-bond acceptors (Lipinski definition) is 4. The molecule has 3 nitrogen and oxygen atoms in total. The topological polar surface area (TPSA) is 52.3 Å². The minimum atomic E-state index is -0.356. The van der Waals surface area contributed by atoms with Crippen molar-refractivity contribution in [1.82, 2.24) is 0 Å². The Morgan fingerprint density at radius 3 is 2.73 bits per heavy atom. The normalized spacial score (nSPS) is 10.1. The van der Waals surface area contributed by atoms with E-state index in [1.807, 2.05) is 19.2 Å². The van der Waals surface area contributed by atoms with Gasteiger partial charge in [-0.3, -0.25) is 0 Å². The van der Waals surface area contributed by atoms with Gasteiger partial charge in [-0.25, -0.2) is 4.79 Å². The minimum absolute atomic E-state index is 0.356. The molecule has 0 heterocycles. The van der Waals surface area contributed by atoms with Crippen molar-refractivity contribution >= 4 is 23.4 Å². The van der Waals surface area contributed by atoms with Gasteiger partial charge in [0.05, 0.1) is 17.9 Å². The summed E-state index contributed by atoms with van der Waals surface area (Å²) < 4.78 is 4.91. The molecule has 1 aromatic rings. The van der Waals surface area contributed by atoms with Gasteiger partial charge in [0.2, 0.25) is 0 Å². The van der Waals surface area contributed by atoms with Crippen LogP contribution >= 0.6 is 11.8 Å². The van der Waals surface area contributed by atoms with Crippen LogP contribution in [-0.4, -0.2) is 18.8 Å². The van der Waals surface area contributed by atoms with E-state index < -0.39 is 0 Å². The van der Waals surface area contributed by atoms with Crippen LogP contribution in [0.1, 0.15) is 22.8 Å². The fraction of sp³-hybridized carbons (Fsp3) is 0.364. The first-order valence-electron chi connectivity index (χ1n) is 4.72. The van der Waals surface area contributed by atoms with Gasteiger partial charge in [-0.1, -0.05) is 0 Å². The summed E-state index contributed by atoms with van der Waals surface area (Å²) in [6.07, 6.45) is 1.98. The number of anilines is 1. The summed E-state index contributed by atoms with van der Waals surface area (Å²) in [5, 5.41) is 0. The number of hydrogen-bond donors (Lipinski definition) is 1. The third kappa shape index (κ3) is 2.45. The summed E-state index contributed by atoms with van der Waals surface area (Å²) in [7, 11) is 0. The molecule has 0 spiro atoms. The summed E-state index contributed by atoms with van der Waals surface area (Å²) in [6, 6.07) is 3.61. The number of nitrogens with two attached hydrogens (primary N) is 1. The fourth-order valence-electron chi connectivity index (χ4n) is 1.32. The zero-order valence-corrected chi connectivity index (χ0v) is 9.98. The molecular weight excluding hydrogens is 210 g/mol. The Balaban J connectivity index is 3.11. The number of carbonyl (C=O) groups excluding carboxylic acids is 1. The van der Waals surface area contributed by atoms with Gasteiger partial charge in [-0.15, -0.1) is 11.8 Å². The molecule has 0 aromatic heterocycles. The maximum Gasteiger partial charge on any atom is 0.340 e. The molecule has 82 valence electrons. The number of esters is 1. The number of thioether (sulfide) groups is 1. The van der Waals surface area contributed by atoms with Gasteiger partial charge in [-0.2, -0.15) is 0 Å². The van der Waals surface area contributed by atoms with E-state index in [9.17, 15) is 4.79 Å². The zero-order chi connectivity index (χ0) is 11.4. The monoisotopic (exact) mass is 225 g/mol. The first-order valence-corrected chi connectivity index (χ1v) is 5.94. The largest absolute Gasteiger partial charge is 0.462 e. The summed E-state index contributed by atoms with van der Waals surface area (Å²) in [6.45, 7) is 4.04. The van der Waals surface area contributed by atoms with Crippen molar-refractivity contribution in [2.45, 2.75) is 18.7 Å². The van der Waals surface area contributed by atoms with Gasteiger partial charge in [0.15, 0.2) is 0 Å². The number of nitrogen functional groups attached to an aromatic ring is 1. The first kappa shape index (κ1) is 11.9. The van der Waals surface area contributed by atoms with Crippen molar-refractivity contribution in [3.63, 3.8) is 0 Å². The lowest BCUT2D eigenvalue weighted by atomic mass is 10.1. The molecule has 0 saturated carbocycles. The molecule has 0 saturated heterocycles. The third-order valence-corrected chi connectivity index (χ3v) is 3.06. The predicted molar refractivity (Wildman–Crippen MR) is 63.3 cm³/mol. The van der Waals surface area contributed by atoms with Crippen molar-refractivity contribution in [3.05, 3.63) is 23.3 Å². The fourth-order valence-corrected chi connectivity index (χ4v) is 1.94. The first-order chi connectivity index (χ1) is 7.11. The van der Waals surface area contributed by atoms with E-state index in [1.165, 1.54) is 0 Å². The van der Waals surface area contributed by atoms with Crippen LogP contribution < -0.4 is 5.73 Å². The number of benzene rings is 1. The molecule has 1 rings (SSSR count). The number of ether oxygens (including phenoxy) is 1. The van der Waals surface area contributed by atoms with E-state index in [1.54, 1.807) is 24.8 Å². The highest BCUT2D eigenvalue weighted by Gasteiger charge is 2.13. The highest BCUT2D eigenvalue weighted by atomic mass is 32.2. The van der Waals surface area contributed by atoms with E-state index in [2.05, 4.69) is 0 Å². The van der Waals surface area contributed by atoms with Crippen molar-refractivity contribution in [3.8, 4) is 0 Å². The van der Waals surface area contributed by atoms with Gasteiger partial charge in [0.25, 0.3) is 0 Å². The lowest BCUT2D eigenvalue weighted by Crippen LogP contribution is -2.09. The second kappa shape index (κ2) is 5.07. The standard InChI is InChI=1S/C11H15NO2S/c1-4-14-11(13)8-5-6-9(15-3)7(2)10(8)12/h5-6H,4,12H2,1-3H3. The lowest BCUT2D eigenvalue weighted by molar-refractivity contribution is 0.0527. The van der Waals surface area contributed by atoms with Crippen molar-refractivity contribution in [1.29, 1.82) is 0 Å². The Hall–Kier alpha value is -1.16. The van der Waals surface area contributed by atoms with Crippen molar-refractivity contribution in [2.75, 3.05) is 18.6 Å². The van der Waals surface area contributed by atoms with Crippen molar-refractivity contribution < 1.29 is 9.53 Å². The van der Waals surface area contributed by atoms with Gasteiger partial charge < -0.3 is 10.5 Å². The van der Waals surface area contributed by atoms with Crippen LogP contribution in [0.25, 0.3) is 0 Å². The number of rotatable bonds is 3. The predicted octanol–water partition coefficient (Wildman–Crippen LogP) is 2.48. The van der Waals surface area contributed by atoms with Crippen LogP contribution in [0.2, 0.25) is 0 Å². The van der Waals surface area contributed by atoms with Crippen LogP contribution in [0, 0.1) is 6.92 Å².